The van der Waals surface area contributed by atoms with Gasteiger partial charge in [-0.05, 0) is 51.2 Å². The van der Waals surface area contributed by atoms with Gasteiger partial charge < -0.3 is 9.73 Å². The van der Waals surface area contributed by atoms with Crippen LogP contribution in [0, 0.1) is 10.1 Å². The Morgan fingerprint density at radius 1 is 1.29 bits per heavy atom. The molecule has 0 saturated carbocycles. The summed E-state index contributed by atoms with van der Waals surface area (Å²) in [6.07, 6.45) is 3.19. The molecule has 28 heavy (non-hydrogen) atoms. The van der Waals surface area contributed by atoms with Crippen molar-refractivity contribution in [1.29, 1.82) is 0 Å². The standard InChI is InChI=1S/C18H24N4O5S/c1-20(2)17(18-6-5-11-27-18)13-19-15-8-7-14(12-16(15)22(23)24)28(25,26)21-9-3-4-10-21/h5-8,11-12,17,19H,3-4,9-10,13H2,1-2H3/t17-/m1/s1. The highest BCUT2D eigenvalue weighted by Crippen LogP contribution is 2.31. The lowest BCUT2D eigenvalue weighted by Gasteiger charge is -2.23. The Hall–Kier alpha value is -2.43. The summed E-state index contributed by atoms with van der Waals surface area (Å²) in [7, 11) is 0.0541. The van der Waals surface area contributed by atoms with E-state index in [1.54, 1.807) is 12.3 Å². The molecule has 1 N–H and O–H groups in total. The van der Waals surface area contributed by atoms with Crippen LogP contribution < -0.4 is 5.32 Å². The van der Waals surface area contributed by atoms with Crippen molar-refractivity contribution in [3.63, 3.8) is 0 Å². The Morgan fingerprint density at radius 2 is 2.00 bits per heavy atom. The highest BCUT2D eigenvalue weighted by atomic mass is 32.2. The zero-order valence-electron chi connectivity index (χ0n) is 15.9. The lowest BCUT2D eigenvalue weighted by molar-refractivity contribution is -0.384. The smallest absolute Gasteiger partial charge is 0.293 e. The molecule has 2 heterocycles. The van der Waals surface area contributed by atoms with Crippen LogP contribution in [0.3, 0.4) is 0 Å². The van der Waals surface area contributed by atoms with Gasteiger partial charge in [0.05, 0.1) is 22.1 Å². The molecule has 1 aromatic carbocycles. The van der Waals surface area contributed by atoms with Gasteiger partial charge in [0.2, 0.25) is 10.0 Å². The number of benzene rings is 1. The first-order chi connectivity index (χ1) is 13.3. The van der Waals surface area contributed by atoms with E-state index >= 15 is 0 Å². The van der Waals surface area contributed by atoms with Crippen LogP contribution in [0.25, 0.3) is 0 Å². The Kier molecular flexibility index (Phi) is 6.01. The summed E-state index contributed by atoms with van der Waals surface area (Å²) in [6.45, 7) is 1.26. The van der Waals surface area contributed by atoms with Crippen LogP contribution in [0.2, 0.25) is 0 Å². The van der Waals surface area contributed by atoms with Crippen LogP contribution >= 0.6 is 0 Å². The molecule has 10 heteroatoms. The number of hydrogen-bond donors (Lipinski definition) is 1. The Labute approximate surface area is 164 Å². The predicted molar refractivity (Wildman–Crippen MR) is 105 cm³/mol. The molecule has 152 valence electrons. The number of anilines is 1. The number of hydrogen-bond acceptors (Lipinski definition) is 7. The number of nitro benzene ring substituents is 1. The number of furan rings is 1. The Balaban J connectivity index is 1.84. The molecule has 0 radical (unpaired) electrons. The summed E-state index contributed by atoms with van der Waals surface area (Å²) in [5.74, 6) is 0.730. The van der Waals surface area contributed by atoms with Crippen molar-refractivity contribution in [2.45, 2.75) is 23.8 Å². The second-order valence-corrected chi connectivity index (χ2v) is 8.86. The normalized spacial score (nSPS) is 16.4. The average molecular weight is 408 g/mol. The van der Waals surface area contributed by atoms with E-state index < -0.39 is 14.9 Å². The van der Waals surface area contributed by atoms with Gasteiger partial charge in [0.15, 0.2) is 0 Å². The van der Waals surface area contributed by atoms with Crippen molar-refractivity contribution in [3.8, 4) is 0 Å². The molecule has 2 aromatic rings. The van der Waals surface area contributed by atoms with Gasteiger partial charge in [-0.1, -0.05) is 0 Å². The lowest BCUT2D eigenvalue weighted by atomic mass is 10.2. The molecule has 0 amide bonds. The minimum Gasteiger partial charge on any atom is -0.468 e. The zero-order valence-corrected chi connectivity index (χ0v) is 16.7. The maximum atomic E-state index is 12.7. The first-order valence-electron chi connectivity index (χ1n) is 9.03. The molecule has 1 atom stereocenters. The van der Waals surface area contributed by atoms with Crippen molar-refractivity contribution < 1.29 is 17.8 Å². The number of nitrogens with one attached hydrogen (secondary N) is 1. The monoisotopic (exact) mass is 408 g/mol. The molecular weight excluding hydrogens is 384 g/mol. The molecule has 0 bridgehead atoms. The van der Waals surface area contributed by atoms with Crippen LogP contribution in [0.1, 0.15) is 24.6 Å². The maximum Gasteiger partial charge on any atom is 0.293 e. The average Bonchev–Trinajstić information content (AvgIpc) is 3.36. The molecule has 1 fully saturated rings. The number of rotatable bonds is 8. The fourth-order valence-electron chi connectivity index (χ4n) is 3.28. The molecule has 1 aliphatic rings. The van der Waals surface area contributed by atoms with Crippen molar-refractivity contribution in [1.82, 2.24) is 9.21 Å². The van der Waals surface area contributed by atoms with Crippen LogP contribution in [-0.2, 0) is 10.0 Å². The minimum atomic E-state index is -3.71. The van der Waals surface area contributed by atoms with E-state index in [2.05, 4.69) is 5.32 Å². The van der Waals surface area contributed by atoms with Gasteiger partial charge in [-0.15, -0.1) is 0 Å². The molecule has 1 aromatic heterocycles. The summed E-state index contributed by atoms with van der Waals surface area (Å²) in [5.41, 5.74) is 0.000927. The fourth-order valence-corrected chi connectivity index (χ4v) is 4.81. The maximum absolute atomic E-state index is 12.7. The van der Waals surface area contributed by atoms with Gasteiger partial charge in [0, 0.05) is 25.7 Å². The largest absolute Gasteiger partial charge is 0.468 e. The molecule has 0 aliphatic carbocycles. The molecule has 3 rings (SSSR count). The van der Waals surface area contributed by atoms with Gasteiger partial charge in [0.1, 0.15) is 11.4 Å². The van der Waals surface area contributed by atoms with E-state index in [0.29, 0.717) is 19.6 Å². The molecule has 1 saturated heterocycles. The van der Waals surface area contributed by atoms with Crippen LogP contribution in [0.15, 0.2) is 45.9 Å². The molecule has 1 aliphatic heterocycles. The third kappa shape index (κ3) is 4.18. The van der Waals surface area contributed by atoms with Gasteiger partial charge in [-0.2, -0.15) is 4.31 Å². The number of nitrogens with zero attached hydrogens (tertiary/aromatic N) is 3. The van der Waals surface area contributed by atoms with E-state index in [-0.39, 0.29) is 22.3 Å². The van der Waals surface area contributed by atoms with E-state index in [1.165, 1.54) is 16.4 Å². The van der Waals surface area contributed by atoms with Gasteiger partial charge in [-0.25, -0.2) is 8.42 Å². The molecular formula is C18H24N4O5S. The fraction of sp³-hybridized carbons (Fsp3) is 0.444. The Morgan fingerprint density at radius 3 is 2.57 bits per heavy atom. The van der Waals surface area contributed by atoms with Crippen LogP contribution in [-0.4, -0.2) is 56.3 Å². The highest BCUT2D eigenvalue weighted by Gasteiger charge is 2.29. The summed E-state index contributed by atoms with van der Waals surface area (Å²) in [6, 6.07) is 7.49. The number of likely N-dealkylation sites (N-methyl/N-ethyl adjacent to an activating group) is 1. The Bertz CT molecular complexity index is 921. The summed E-state index contributed by atoms with van der Waals surface area (Å²) in [4.78, 5) is 12.9. The number of nitro groups is 1. The summed E-state index contributed by atoms with van der Waals surface area (Å²) < 4.78 is 32.2. The van der Waals surface area contributed by atoms with E-state index in [0.717, 1.165) is 24.7 Å². The first kappa shape index (κ1) is 20.3. The van der Waals surface area contributed by atoms with Crippen molar-refractivity contribution >= 4 is 21.4 Å². The first-order valence-corrected chi connectivity index (χ1v) is 10.5. The van der Waals surface area contributed by atoms with Crippen LogP contribution in [0.5, 0.6) is 0 Å². The van der Waals surface area contributed by atoms with Crippen molar-refractivity contribution in [3.05, 3.63) is 52.5 Å². The van der Waals surface area contributed by atoms with Gasteiger partial charge in [0.25, 0.3) is 5.69 Å². The third-order valence-electron chi connectivity index (χ3n) is 4.85. The molecule has 9 nitrogen and oxygen atoms in total. The third-order valence-corrected chi connectivity index (χ3v) is 6.74. The molecule has 0 unspecified atom stereocenters. The quantitative estimate of drug-likeness (QED) is 0.528. The molecule has 0 spiro atoms. The lowest BCUT2D eigenvalue weighted by Crippen LogP contribution is -2.28. The predicted octanol–water partition coefficient (Wildman–Crippen LogP) is 2.69. The van der Waals surface area contributed by atoms with E-state index in [9.17, 15) is 18.5 Å². The van der Waals surface area contributed by atoms with Crippen molar-refractivity contribution in [2.75, 3.05) is 39.0 Å². The second-order valence-electron chi connectivity index (χ2n) is 6.92. The van der Waals surface area contributed by atoms with Gasteiger partial charge in [-0.3, -0.25) is 15.0 Å². The topological polar surface area (TPSA) is 109 Å². The highest BCUT2D eigenvalue weighted by molar-refractivity contribution is 7.89. The van der Waals surface area contributed by atoms with E-state index in [4.69, 9.17) is 4.42 Å². The van der Waals surface area contributed by atoms with Gasteiger partial charge >= 0.3 is 0 Å². The SMILES string of the molecule is CN(C)[C@H](CNc1ccc(S(=O)(=O)N2CCCC2)cc1[N+](=O)[O-])c1ccco1. The van der Waals surface area contributed by atoms with Crippen LogP contribution in [0.4, 0.5) is 11.4 Å². The second kappa shape index (κ2) is 8.29. The summed E-state index contributed by atoms with van der Waals surface area (Å²) in [5, 5.41) is 14.6. The van der Waals surface area contributed by atoms with Crippen molar-refractivity contribution in [2.24, 2.45) is 0 Å². The summed E-state index contributed by atoms with van der Waals surface area (Å²) >= 11 is 0. The number of sulfonamides is 1. The van der Waals surface area contributed by atoms with E-state index in [1.807, 2.05) is 25.1 Å². The minimum absolute atomic E-state index is 0.0538. The zero-order chi connectivity index (χ0) is 20.3.